The monoisotopic (exact) mass is 180 g/mol. The van der Waals surface area contributed by atoms with Gasteiger partial charge in [0.05, 0.1) is 6.42 Å². The van der Waals surface area contributed by atoms with Gasteiger partial charge in [-0.25, -0.2) is 4.98 Å². The van der Waals surface area contributed by atoms with E-state index >= 15 is 0 Å². The maximum Gasteiger partial charge on any atom is 0.310 e. The zero-order chi connectivity index (χ0) is 7.56. The second-order valence-electron chi connectivity index (χ2n) is 1.95. The number of carboxylic acid groups (broad SMARTS) is 1. The molecule has 0 unspecified atom stereocenters. The van der Waals surface area contributed by atoms with Crippen molar-refractivity contribution in [2.45, 2.75) is 13.3 Å². The zero-order valence-electron chi connectivity index (χ0n) is 6.50. The van der Waals surface area contributed by atoms with Gasteiger partial charge in [-0.3, -0.25) is 4.79 Å². The van der Waals surface area contributed by atoms with Crippen molar-refractivity contribution in [2.24, 2.45) is 0 Å². The van der Waals surface area contributed by atoms with Crippen LogP contribution in [0.25, 0.3) is 0 Å². The van der Waals surface area contributed by atoms with Gasteiger partial charge in [-0.2, -0.15) is 0 Å². The number of rotatable bonds is 2. The first-order valence-electron chi connectivity index (χ1n) is 2.81. The van der Waals surface area contributed by atoms with Crippen molar-refractivity contribution in [3.8, 4) is 0 Å². The van der Waals surface area contributed by atoms with Gasteiger partial charge in [0, 0.05) is 40.6 Å². The van der Waals surface area contributed by atoms with Gasteiger partial charge >= 0.3 is 5.97 Å². The van der Waals surface area contributed by atoms with Gasteiger partial charge in [-0.05, 0) is 6.92 Å². The third-order valence-corrected chi connectivity index (χ3v) is 1.94. The van der Waals surface area contributed by atoms with Crippen LogP contribution in [0.4, 0.5) is 0 Å². The van der Waals surface area contributed by atoms with Crippen LogP contribution in [0.3, 0.4) is 0 Å². The topological polar surface area (TPSA) is 50.2 Å². The van der Waals surface area contributed by atoms with Crippen LogP contribution in [-0.2, 0) is 11.2 Å². The Hall–Kier alpha value is 0.100. The molecule has 0 fully saturated rings. The predicted molar refractivity (Wildman–Crippen MR) is 43.9 cm³/mol. The molecule has 11 heavy (non-hydrogen) atoms. The molecule has 1 radical (unpaired) electrons. The fraction of sp³-hybridized carbons (Fsp3) is 0.333. The zero-order valence-corrected chi connectivity index (χ0v) is 9.31. The summed E-state index contributed by atoms with van der Waals surface area (Å²) in [5.41, 5.74) is 0.890. The normalized spacial score (nSPS) is 8.82. The van der Waals surface area contributed by atoms with Crippen molar-refractivity contribution in [3.63, 3.8) is 0 Å². The fourth-order valence-electron chi connectivity index (χ4n) is 0.613. The summed E-state index contributed by atoms with van der Waals surface area (Å²) in [6, 6.07) is 0. The van der Waals surface area contributed by atoms with Crippen LogP contribution >= 0.6 is 11.3 Å². The molecule has 1 heterocycles. The Balaban J connectivity index is 0.000001000. The Morgan fingerprint density at radius 2 is 2.45 bits per heavy atom. The minimum atomic E-state index is -0.825. The SMILES string of the molecule is Cc1csc(CC(=O)O)n1.[Na]. The molecule has 0 aromatic carbocycles. The maximum absolute atomic E-state index is 10.1. The molecule has 1 rings (SSSR count). The summed E-state index contributed by atoms with van der Waals surface area (Å²) < 4.78 is 0. The Labute approximate surface area is 90.8 Å². The van der Waals surface area contributed by atoms with Crippen LogP contribution in [0.15, 0.2) is 5.38 Å². The van der Waals surface area contributed by atoms with Crippen LogP contribution in [0, 0.1) is 6.92 Å². The molecule has 55 valence electrons. The summed E-state index contributed by atoms with van der Waals surface area (Å²) in [6.45, 7) is 1.85. The van der Waals surface area contributed by atoms with E-state index in [1.54, 1.807) is 0 Å². The van der Waals surface area contributed by atoms with E-state index in [4.69, 9.17) is 5.11 Å². The summed E-state index contributed by atoms with van der Waals surface area (Å²) >= 11 is 1.39. The van der Waals surface area contributed by atoms with Gasteiger partial charge in [-0.15, -0.1) is 11.3 Å². The number of hydrogen-bond acceptors (Lipinski definition) is 3. The summed E-state index contributed by atoms with van der Waals surface area (Å²) in [4.78, 5) is 14.1. The van der Waals surface area contributed by atoms with Gasteiger partial charge in [0.2, 0.25) is 0 Å². The van der Waals surface area contributed by atoms with Gasteiger partial charge in [-0.1, -0.05) is 0 Å². The Bertz CT molecular complexity index is 248. The molecular formula is C6H7NNaO2S. The first-order chi connectivity index (χ1) is 4.68. The van der Waals surface area contributed by atoms with Crippen LogP contribution in [-0.4, -0.2) is 45.6 Å². The number of thiazole rings is 1. The maximum atomic E-state index is 10.1. The number of hydrogen-bond donors (Lipinski definition) is 1. The molecule has 1 aromatic rings. The van der Waals surface area contributed by atoms with E-state index in [0.29, 0.717) is 5.01 Å². The van der Waals surface area contributed by atoms with Crippen molar-refractivity contribution in [1.82, 2.24) is 4.98 Å². The Kier molecular flexibility index (Phi) is 4.92. The number of carboxylic acids is 1. The molecule has 3 nitrogen and oxygen atoms in total. The minimum Gasteiger partial charge on any atom is -0.481 e. The second kappa shape index (κ2) is 4.87. The van der Waals surface area contributed by atoms with Crippen molar-refractivity contribution in [1.29, 1.82) is 0 Å². The predicted octanol–water partition coefficient (Wildman–Crippen LogP) is 0.698. The minimum absolute atomic E-state index is 0. The Morgan fingerprint density at radius 3 is 2.82 bits per heavy atom. The first kappa shape index (κ1) is 11.1. The third kappa shape index (κ3) is 3.86. The van der Waals surface area contributed by atoms with E-state index in [2.05, 4.69) is 4.98 Å². The van der Waals surface area contributed by atoms with Gasteiger partial charge in [0.15, 0.2) is 0 Å². The van der Waals surface area contributed by atoms with Gasteiger partial charge in [0.25, 0.3) is 0 Å². The average molecular weight is 180 g/mol. The number of aromatic nitrogens is 1. The number of nitrogens with zero attached hydrogens (tertiary/aromatic N) is 1. The van der Waals surface area contributed by atoms with E-state index in [9.17, 15) is 4.79 Å². The number of carbonyl (C=O) groups is 1. The molecule has 0 saturated carbocycles. The molecule has 0 aliphatic carbocycles. The molecule has 1 aromatic heterocycles. The molecule has 0 aliphatic heterocycles. The summed E-state index contributed by atoms with van der Waals surface area (Å²) in [5.74, 6) is -0.825. The molecule has 5 heteroatoms. The smallest absolute Gasteiger partial charge is 0.310 e. The van der Waals surface area contributed by atoms with Crippen LogP contribution < -0.4 is 0 Å². The number of aryl methyl sites for hydroxylation is 1. The van der Waals surface area contributed by atoms with E-state index in [0.717, 1.165) is 5.69 Å². The molecule has 0 saturated heterocycles. The third-order valence-electron chi connectivity index (χ3n) is 0.969. The van der Waals surface area contributed by atoms with E-state index in [1.165, 1.54) is 11.3 Å². The van der Waals surface area contributed by atoms with Crippen LogP contribution in [0.5, 0.6) is 0 Å². The standard InChI is InChI=1S/C6H7NO2S.Na/c1-4-3-10-5(7-4)2-6(8)9;/h3H,2H2,1H3,(H,8,9);. The summed E-state index contributed by atoms with van der Waals surface area (Å²) in [5, 5.41) is 10.9. The second-order valence-corrected chi connectivity index (χ2v) is 2.90. The molecule has 1 N–H and O–H groups in total. The fourth-order valence-corrected chi connectivity index (χ4v) is 1.38. The van der Waals surface area contributed by atoms with Crippen molar-refractivity contribution in [3.05, 3.63) is 16.1 Å². The quantitative estimate of drug-likeness (QED) is 0.681. The molecule has 0 atom stereocenters. The Morgan fingerprint density at radius 1 is 1.82 bits per heavy atom. The van der Waals surface area contributed by atoms with E-state index in [1.807, 2.05) is 12.3 Å². The summed E-state index contributed by atoms with van der Waals surface area (Å²) in [6.07, 6.45) is 0.0402. The molecule has 0 bridgehead atoms. The largest absolute Gasteiger partial charge is 0.481 e. The van der Waals surface area contributed by atoms with Crippen molar-refractivity contribution in [2.75, 3.05) is 0 Å². The first-order valence-corrected chi connectivity index (χ1v) is 3.69. The van der Waals surface area contributed by atoms with E-state index < -0.39 is 5.97 Å². The van der Waals surface area contributed by atoms with E-state index in [-0.39, 0.29) is 36.0 Å². The van der Waals surface area contributed by atoms with Gasteiger partial charge in [0.1, 0.15) is 5.01 Å². The summed E-state index contributed by atoms with van der Waals surface area (Å²) in [7, 11) is 0. The van der Waals surface area contributed by atoms with Crippen molar-refractivity contribution >= 4 is 46.9 Å². The molecule has 0 aliphatic rings. The van der Waals surface area contributed by atoms with Crippen LogP contribution in [0.1, 0.15) is 10.7 Å². The number of aliphatic carboxylic acids is 1. The van der Waals surface area contributed by atoms with Crippen LogP contribution in [0.2, 0.25) is 0 Å². The molecule has 0 amide bonds. The van der Waals surface area contributed by atoms with Crippen molar-refractivity contribution < 1.29 is 9.90 Å². The molecule has 0 spiro atoms. The average Bonchev–Trinajstić information content (AvgIpc) is 2.13. The molecular weight excluding hydrogens is 173 g/mol. The van der Waals surface area contributed by atoms with Gasteiger partial charge < -0.3 is 5.11 Å².